The van der Waals surface area contributed by atoms with Crippen molar-refractivity contribution < 1.29 is 9.53 Å². The maximum atomic E-state index is 12.5. The number of aryl methyl sites for hydroxylation is 1. The summed E-state index contributed by atoms with van der Waals surface area (Å²) in [6.45, 7) is 2.01. The average molecular weight is 270 g/mol. The van der Waals surface area contributed by atoms with Gasteiger partial charge in [-0.05, 0) is 31.2 Å². The first-order valence-corrected chi connectivity index (χ1v) is 6.31. The van der Waals surface area contributed by atoms with Gasteiger partial charge >= 0.3 is 0 Å². The van der Waals surface area contributed by atoms with E-state index in [0.29, 0.717) is 17.0 Å². The van der Waals surface area contributed by atoms with Crippen LogP contribution in [0.15, 0.2) is 42.5 Å². The molecule has 0 aromatic heterocycles. The van der Waals surface area contributed by atoms with E-state index in [4.69, 9.17) is 10.5 Å². The van der Waals surface area contributed by atoms with Gasteiger partial charge in [0.2, 0.25) is 0 Å². The second-order valence-electron chi connectivity index (χ2n) is 4.65. The molecule has 0 unspecified atom stereocenters. The molecule has 2 aromatic carbocycles. The molecule has 0 fully saturated rings. The number of anilines is 2. The number of nitrogen functional groups attached to an aromatic ring is 1. The predicted octanol–water partition coefficient (Wildman–Crippen LogP) is 2.86. The third-order valence-electron chi connectivity index (χ3n) is 3.22. The van der Waals surface area contributed by atoms with Gasteiger partial charge < -0.3 is 15.4 Å². The SMILES string of the molecule is COc1ccc(C(=O)N(C)c2ccc(C)cc2)c(N)c1. The van der Waals surface area contributed by atoms with E-state index in [9.17, 15) is 4.79 Å². The zero-order valence-corrected chi connectivity index (χ0v) is 11.9. The van der Waals surface area contributed by atoms with Crippen molar-refractivity contribution in [3.63, 3.8) is 0 Å². The Hall–Kier alpha value is -2.49. The number of methoxy groups -OCH3 is 1. The highest BCUT2D eigenvalue weighted by Gasteiger charge is 2.16. The lowest BCUT2D eigenvalue weighted by Gasteiger charge is -2.18. The van der Waals surface area contributed by atoms with E-state index in [1.54, 1.807) is 37.3 Å². The monoisotopic (exact) mass is 270 g/mol. The smallest absolute Gasteiger partial charge is 0.260 e. The lowest BCUT2D eigenvalue weighted by molar-refractivity contribution is 0.0994. The molecule has 0 atom stereocenters. The van der Waals surface area contributed by atoms with Crippen LogP contribution < -0.4 is 15.4 Å². The highest BCUT2D eigenvalue weighted by atomic mass is 16.5. The molecule has 20 heavy (non-hydrogen) atoms. The Balaban J connectivity index is 2.28. The molecule has 0 radical (unpaired) electrons. The highest BCUT2D eigenvalue weighted by molar-refractivity contribution is 6.09. The van der Waals surface area contributed by atoms with Gasteiger partial charge in [-0.25, -0.2) is 0 Å². The first-order valence-electron chi connectivity index (χ1n) is 6.31. The van der Waals surface area contributed by atoms with Crippen LogP contribution in [0.25, 0.3) is 0 Å². The van der Waals surface area contributed by atoms with Crippen LogP contribution in [0, 0.1) is 6.92 Å². The van der Waals surface area contributed by atoms with E-state index in [0.717, 1.165) is 11.3 Å². The molecule has 0 heterocycles. The molecule has 0 saturated carbocycles. The number of carbonyl (C=O) groups is 1. The third kappa shape index (κ3) is 2.74. The van der Waals surface area contributed by atoms with E-state index in [1.807, 2.05) is 31.2 Å². The summed E-state index contributed by atoms with van der Waals surface area (Å²) in [6, 6.07) is 12.8. The summed E-state index contributed by atoms with van der Waals surface area (Å²) in [5.74, 6) is 0.492. The van der Waals surface area contributed by atoms with Crippen LogP contribution in [0.3, 0.4) is 0 Å². The number of nitrogens with zero attached hydrogens (tertiary/aromatic N) is 1. The molecule has 2 rings (SSSR count). The van der Waals surface area contributed by atoms with Crippen LogP contribution in [0.4, 0.5) is 11.4 Å². The van der Waals surface area contributed by atoms with E-state index in [-0.39, 0.29) is 5.91 Å². The topological polar surface area (TPSA) is 55.6 Å². The van der Waals surface area contributed by atoms with Gasteiger partial charge in [-0.1, -0.05) is 17.7 Å². The van der Waals surface area contributed by atoms with Gasteiger partial charge in [0, 0.05) is 24.5 Å². The fraction of sp³-hybridized carbons (Fsp3) is 0.188. The van der Waals surface area contributed by atoms with Crippen molar-refractivity contribution in [3.8, 4) is 5.75 Å². The second kappa shape index (κ2) is 5.65. The van der Waals surface area contributed by atoms with Gasteiger partial charge in [0.25, 0.3) is 5.91 Å². The lowest BCUT2D eigenvalue weighted by atomic mass is 10.1. The average Bonchev–Trinajstić information content (AvgIpc) is 2.46. The standard InChI is InChI=1S/C16H18N2O2/c1-11-4-6-12(7-5-11)18(2)16(19)14-9-8-13(20-3)10-15(14)17/h4-10H,17H2,1-3H3. The van der Waals surface area contributed by atoms with Gasteiger partial charge in [-0.15, -0.1) is 0 Å². The van der Waals surface area contributed by atoms with E-state index >= 15 is 0 Å². The van der Waals surface area contributed by atoms with Gasteiger partial charge in [0.1, 0.15) is 5.75 Å². The second-order valence-corrected chi connectivity index (χ2v) is 4.65. The van der Waals surface area contributed by atoms with Crippen LogP contribution in [0.5, 0.6) is 5.75 Å². The Kier molecular flexibility index (Phi) is 3.94. The highest BCUT2D eigenvalue weighted by Crippen LogP contribution is 2.23. The minimum absolute atomic E-state index is 0.144. The molecule has 0 saturated heterocycles. The van der Waals surface area contributed by atoms with Gasteiger partial charge in [0.05, 0.1) is 12.7 Å². The summed E-state index contributed by atoms with van der Waals surface area (Å²) in [4.78, 5) is 14.0. The molecule has 0 aliphatic rings. The van der Waals surface area contributed by atoms with Crippen molar-refractivity contribution in [2.45, 2.75) is 6.92 Å². The molecular weight excluding hydrogens is 252 g/mol. The largest absolute Gasteiger partial charge is 0.497 e. The first kappa shape index (κ1) is 13.9. The zero-order chi connectivity index (χ0) is 14.7. The summed E-state index contributed by atoms with van der Waals surface area (Å²) >= 11 is 0. The molecule has 2 N–H and O–H groups in total. The summed E-state index contributed by atoms with van der Waals surface area (Å²) in [5.41, 5.74) is 8.77. The van der Waals surface area contributed by atoms with Gasteiger partial charge in [-0.3, -0.25) is 4.79 Å². The number of nitrogens with two attached hydrogens (primary N) is 1. The van der Waals surface area contributed by atoms with E-state index in [2.05, 4.69) is 0 Å². The summed E-state index contributed by atoms with van der Waals surface area (Å²) in [7, 11) is 3.30. The molecule has 104 valence electrons. The molecule has 0 spiro atoms. The Morgan fingerprint density at radius 2 is 1.80 bits per heavy atom. The van der Waals surface area contributed by atoms with Crippen molar-refractivity contribution in [1.82, 2.24) is 0 Å². The maximum Gasteiger partial charge on any atom is 0.260 e. The van der Waals surface area contributed by atoms with E-state index < -0.39 is 0 Å². The fourth-order valence-corrected chi connectivity index (χ4v) is 1.93. The number of hydrogen-bond donors (Lipinski definition) is 1. The van der Waals surface area contributed by atoms with Crippen LogP contribution in [0.1, 0.15) is 15.9 Å². The van der Waals surface area contributed by atoms with Crippen molar-refractivity contribution in [2.24, 2.45) is 0 Å². The minimum Gasteiger partial charge on any atom is -0.497 e. The molecule has 0 aliphatic carbocycles. The Bertz CT molecular complexity index is 621. The van der Waals surface area contributed by atoms with E-state index in [1.165, 1.54) is 0 Å². The number of hydrogen-bond acceptors (Lipinski definition) is 3. The molecule has 0 aliphatic heterocycles. The van der Waals surface area contributed by atoms with Crippen LogP contribution in [0.2, 0.25) is 0 Å². The quantitative estimate of drug-likeness (QED) is 0.872. The molecule has 4 heteroatoms. The summed E-state index contributed by atoms with van der Waals surface area (Å²) in [6.07, 6.45) is 0. The summed E-state index contributed by atoms with van der Waals surface area (Å²) < 4.78 is 5.08. The van der Waals surface area contributed by atoms with Crippen molar-refractivity contribution >= 4 is 17.3 Å². The van der Waals surface area contributed by atoms with Crippen LogP contribution in [-0.2, 0) is 0 Å². The van der Waals surface area contributed by atoms with Crippen molar-refractivity contribution in [3.05, 3.63) is 53.6 Å². The van der Waals surface area contributed by atoms with Crippen molar-refractivity contribution in [1.29, 1.82) is 0 Å². The molecule has 4 nitrogen and oxygen atoms in total. The van der Waals surface area contributed by atoms with Gasteiger partial charge in [0.15, 0.2) is 0 Å². The Morgan fingerprint density at radius 3 is 2.35 bits per heavy atom. The lowest BCUT2D eigenvalue weighted by Crippen LogP contribution is -2.27. The Morgan fingerprint density at radius 1 is 1.15 bits per heavy atom. The van der Waals surface area contributed by atoms with Crippen LogP contribution in [-0.4, -0.2) is 20.1 Å². The van der Waals surface area contributed by atoms with Crippen LogP contribution >= 0.6 is 0 Å². The first-order chi connectivity index (χ1) is 9.52. The molecule has 2 aromatic rings. The normalized spacial score (nSPS) is 10.2. The number of ether oxygens (including phenoxy) is 1. The maximum absolute atomic E-state index is 12.5. The molecular formula is C16H18N2O2. The van der Waals surface area contributed by atoms with Crippen molar-refractivity contribution in [2.75, 3.05) is 24.8 Å². The predicted molar refractivity (Wildman–Crippen MR) is 81.3 cm³/mol. The number of amides is 1. The number of benzene rings is 2. The minimum atomic E-state index is -0.144. The molecule has 0 bridgehead atoms. The number of rotatable bonds is 3. The summed E-state index contributed by atoms with van der Waals surface area (Å²) in [5, 5.41) is 0. The Labute approximate surface area is 118 Å². The van der Waals surface area contributed by atoms with Gasteiger partial charge in [-0.2, -0.15) is 0 Å². The third-order valence-corrected chi connectivity index (χ3v) is 3.22. The molecule has 1 amide bonds. The number of carbonyl (C=O) groups excluding carboxylic acids is 1. The fourth-order valence-electron chi connectivity index (χ4n) is 1.93. The zero-order valence-electron chi connectivity index (χ0n) is 11.9.